The van der Waals surface area contributed by atoms with Gasteiger partial charge in [-0.25, -0.2) is 4.79 Å². The van der Waals surface area contributed by atoms with E-state index in [1.807, 2.05) is 69.3 Å². The fraction of sp³-hybridized carbons (Fsp3) is 0.340. The SMILES string of the molecule is CCCCC(CC)Cn1c2ccc(/C(=N\OC(C)=O)c3ccc(OCC(F)(F)F)cc3COC(F)(F)F)cc2c2cc(C(=O)c3c(C)cc(C)cc3C)c3ccccc3c21. The van der Waals surface area contributed by atoms with Gasteiger partial charge in [-0.1, -0.05) is 86.3 Å². The summed E-state index contributed by atoms with van der Waals surface area (Å²) in [5.74, 6) is -1.01. The first-order valence-corrected chi connectivity index (χ1v) is 19.8. The number of aromatic nitrogens is 1. The predicted octanol–water partition coefficient (Wildman–Crippen LogP) is 12.6. The fourth-order valence-corrected chi connectivity index (χ4v) is 8.04. The number of carbonyl (C=O) groups excluding carboxylic acids is 2. The molecule has 0 aliphatic heterocycles. The lowest BCUT2D eigenvalue weighted by Crippen LogP contribution is -2.20. The maximum absolute atomic E-state index is 14.7. The van der Waals surface area contributed by atoms with Gasteiger partial charge in [0.25, 0.3) is 0 Å². The van der Waals surface area contributed by atoms with Gasteiger partial charge in [-0.15, -0.1) is 13.2 Å². The molecule has 0 saturated carbocycles. The molecular weight excluding hydrogens is 787 g/mol. The van der Waals surface area contributed by atoms with E-state index in [2.05, 4.69) is 28.3 Å². The van der Waals surface area contributed by atoms with Crippen LogP contribution in [0.25, 0.3) is 32.6 Å². The van der Waals surface area contributed by atoms with E-state index in [4.69, 9.17) is 9.57 Å². The van der Waals surface area contributed by atoms with E-state index in [0.717, 1.165) is 88.6 Å². The summed E-state index contributed by atoms with van der Waals surface area (Å²) in [4.78, 5) is 31.9. The maximum Gasteiger partial charge on any atom is 0.522 e. The maximum atomic E-state index is 14.7. The van der Waals surface area contributed by atoms with Crippen LogP contribution in [-0.4, -0.2) is 41.2 Å². The van der Waals surface area contributed by atoms with Crippen LogP contribution in [-0.2, 0) is 27.5 Å². The minimum absolute atomic E-state index is 0.0137. The van der Waals surface area contributed by atoms with E-state index in [-0.39, 0.29) is 28.4 Å². The summed E-state index contributed by atoms with van der Waals surface area (Å²) in [6.07, 6.45) is -5.80. The molecule has 0 radical (unpaired) electrons. The Kier molecular flexibility index (Phi) is 13.1. The molecule has 1 aromatic heterocycles. The molecule has 0 fully saturated rings. The molecule has 0 spiro atoms. The minimum Gasteiger partial charge on any atom is -0.484 e. The lowest BCUT2D eigenvalue weighted by molar-refractivity contribution is -0.330. The highest BCUT2D eigenvalue weighted by Gasteiger charge is 2.31. The van der Waals surface area contributed by atoms with E-state index in [1.165, 1.54) is 6.07 Å². The van der Waals surface area contributed by atoms with Crippen LogP contribution in [0, 0.1) is 26.7 Å². The average Bonchev–Trinajstić information content (AvgIpc) is 3.49. The highest BCUT2D eigenvalue weighted by Crippen LogP contribution is 2.40. The number of ether oxygens (including phenoxy) is 2. The smallest absolute Gasteiger partial charge is 0.484 e. The first kappa shape index (κ1) is 43.9. The van der Waals surface area contributed by atoms with Gasteiger partial charge in [0.05, 0.1) is 12.1 Å². The Hall–Kier alpha value is -5.69. The van der Waals surface area contributed by atoms with Crippen molar-refractivity contribution < 1.29 is 50.2 Å². The van der Waals surface area contributed by atoms with Crippen molar-refractivity contribution in [3.63, 3.8) is 0 Å². The van der Waals surface area contributed by atoms with E-state index in [1.54, 1.807) is 12.1 Å². The molecule has 13 heteroatoms. The summed E-state index contributed by atoms with van der Waals surface area (Å²) in [5, 5.41) is 7.15. The molecule has 0 N–H and O–H groups in total. The van der Waals surface area contributed by atoms with Gasteiger partial charge in [0.15, 0.2) is 12.4 Å². The molecule has 1 unspecified atom stereocenters. The van der Waals surface area contributed by atoms with E-state index in [9.17, 15) is 35.9 Å². The zero-order valence-electron chi connectivity index (χ0n) is 34.2. The van der Waals surface area contributed by atoms with Gasteiger partial charge < -0.3 is 14.1 Å². The van der Waals surface area contributed by atoms with E-state index < -0.39 is 31.7 Å². The molecule has 316 valence electrons. The van der Waals surface area contributed by atoms with Gasteiger partial charge in [0.1, 0.15) is 11.5 Å². The molecule has 6 rings (SSSR count). The topological polar surface area (TPSA) is 79.1 Å². The second-order valence-electron chi connectivity index (χ2n) is 15.2. The normalized spacial score (nSPS) is 13.0. The first-order chi connectivity index (χ1) is 28.4. The van der Waals surface area contributed by atoms with Crippen LogP contribution >= 0.6 is 0 Å². The molecular formula is C47H46F6N2O5. The predicted molar refractivity (Wildman–Crippen MR) is 221 cm³/mol. The Morgan fingerprint density at radius 1 is 0.800 bits per heavy atom. The monoisotopic (exact) mass is 832 g/mol. The zero-order chi connectivity index (χ0) is 43.5. The lowest BCUT2D eigenvalue weighted by Gasteiger charge is -2.19. The summed E-state index contributed by atoms with van der Waals surface area (Å²) in [6, 6.07) is 22.4. The summed E-state index contributed by atoms with van der Waals surface area (Å²) >= 11 is 0. The number of benzene rings is 5. The number of halogens is 6. The Morgan fingerprint density at radius 3 is 2.13 bits per heavy atom. The zero-order valence-corrected chi connectivity index (χ0v) is 34.2. The number of unbranched alkanes of at least 4 members (excludes halogenated alkanes) is 1. The number of fused-ring (bicyclic) bond motifs is 5. The average molecular weight is 833 g/mol. The van der Waals surface area contributed by atoms with Gasteiger partial charge in [0.2, 0.25) is 0 Å². The number of ketones is 1. The van der Waals surface area contributed by atoms with Crippen molar-refractivity contribution in [3.05, 3.63) is 123 Å². The summed E-state index contributed by atoms with van der Waals surface area (Å²) in [5.41, 5.74) is 5.52. The van der Waals surface area contributed by atoms with Crippen molar-refractivity contribution in [2.75, 3.05) is 6.61 Å². The number of oxime groups is 1. The second kappa shape index (κ2) is 17.9. The highest BCUT2D eigenvalue weighted by molar-refractivity contribution is 6.27. The van der Waals surface area contributed by atoms with Gasteiger partial charge >= 0.3 is 18.5 Å². The molecule has 1 atom stereocenters. The van der Waals surface area contributed by atoms with Gasteiger partial charge in [0, 0.05) is 57.4 Å². The third-order valence-corrected chi connectivity index (χ3v) is 10.7. The van der Waals surface area contributed by atoms with Crippen LogP contribution in [0.5, 0.6) is 5.75 Å². The molecule has 0 amide bonds. The van der Waals surface area contributed by atoms with Gasteiger partial charge in [-0.2, -0.15) is 13.2 Å². The minimum atomic E-state index is -5.09. The summed E-state index contributed by atoms with van der Waals surface area (Å²) in [7, 11) is 0. The molecule has 0 aliphatic rings. The summed E-state index contributed by atoms with van der Waals surface area (Å²) < 4.78 is 90.6. The lowest BCUT2D eigenvalue weighted by atomic mass is 9.89. The molecule has 5 aromatic carbocycles. The second-order valence-corrected chi connectivity index (χ2v) is 15.2. The first-order valence-electron chi connectivity index (χ1n) is 19.8. The number of carbonyl (C=O) groups is 2. The quantitative estimate of drug-likeness (QED) is 0.0338. The molecule has 1 heterocycles. The largest absolute Gasteiger partial charge is 0.522 e. The van der Waals surface area contributed by atoms with Crippen molar-refractivity contribution in [1.29, 1.82) is 0 Å². The standard InChI is InChI=1S/C47H46F6N2O5/c1-7-9-12-31(8-2)24-55-41-18-15-32(43(54-60-30(6)56)35-17-16-34(58-26-46(48,49)50)21-33(35)25-59-47(51,52)53)22-38(41)39-23-40(36-13-10-11-14-37(36)44(39)55)45(57)42-28(4)19-27(3)20-29(42)5/h10-11,13-23,31H,7-9,12,24-26H2,1-6H3/b54-43+. The molecule has 60 heavy (non-hydrogen) atoms. The van der Waals surface area contributed by atoms with Gasteiger partial charge in [-0.05, 0) is 91.6 Å². The Labute approximate surface area is 343 Å². The van der Waals surface area contributed by atoms with Crippen LogP contribution in [0.2, 0.25) is 0 Å². The third kappa shape index (κ3) is 9.84. The van der Waals surface area contributed by atoms with Crippen molar-refractivity contribution in [1.82, 2.24) is 4.57 Å². The van der Waals surface area contributed by atoms with E-state index >= 15 is 0 Å². The van der Waals surface area contributed by atoms with Gasteiger partial charge in [-0.3, -0.25) is 9.53 Å². The van der Waals surface area contributed by atoms with Crippen molar-refractivity contribution in [2.45, 2.75) is 92.9 Å². The summed E-state index contributed by atoms with van der Waals surface area (Å²) in [6.45, 7) is 9.09. The van der Waals surface area contributed by atoms with E-state index in [0.29, 0.717) is 34.5 Å². The molecule has 0 aliphatic carbocycles. The Morgan fingerprint density at radius 2 is 1.50 bits per heavy atom. The number of alkyl halides is 6. The number of aryl methyl sites for hydroxylation is 3. The van der Waals surface area contributed by atoms with Crippen molar-refractivity contribution >= 4 is 50.0 Å². The third-order valence-electron chi connectivity index (χ3n) is 10.7. The van der Waals surface area contributed by atoms with Crippen LogP contribution < -0.4 is 4.74 Å². The molecule has 0 bridgehead atoms. The Balaban J connectivity index is 1.64. The van der Waals surface area contributed by atoms with Crippen LogP contribution in [0.15, 0.2) is 84.0 Å². The highest BCUT2D eigenvalue weighted by atomic mass is 19.4. The Bertz CT molecular complexity index is 2580. The molecule has 7 nitrogen and oxygen atoms in total. The van der Waals surface area contributed by atoms with Crippen LogP contribution in [0.3, 0.4) is 0 Å². The van der Waals surface area contributed by atoms with Crippen LogP contribution in [0.4, 0.5) is 26.3 Å². The number of nitrogens with zero attached hydrogens (tertiary/aromatic N) is 2. The number of rotatable bonds is 15. The number of hydrogen-bond donors (Lipinski definition) is 0. The molecule has 0 saturated heterocycles. The molecule has 6 aromatic rings. The van der Waals surface area contributed by atoms with Crippen molar-refractivity contribution in [3.8, 4) is 5.75 Å². The number of hydrogen-bond acceptors (Lipinski definition) is 6. The fourth-order valence-electron chi connectivity index (χ4n) is 8.04. The van der Waals surface area contributed by atoms with Crippen molar-refractivity contribution in [2.24, 2.45) is 11.1 Å². The van der Waals surface area contributed by atoms with Crippen LogP contribution in [0.1, 0.15) is 95.8 Å².